The van der Waals surface area contributed by atoms with Crippen molar-refractivity contribution in [1.29, 1.82) is 5.26 Å². The van der Waals surface area contributed by atoms with Gasteiger partial charge in [0, 0.05) is 26.1 Å². The lowest BCUT2D eigenvalue weighted by Gasteiger charge is -2.11. The number of amides is 1. The van der Waals surface area contributed by atoms with Crippen LogP contribution in [0.3, 0.4) is 0 Å². The molecule has 2 aromatic heterocycles. The number of carbonyl (C=O) groups excluding carboxylic acids is 1. The van der Waals surface area contributed by atoms with Crippen LogP contribution in [0.25, 0.3) is 22.9 Å². The Morgan fingerprint density at radius 1 is 1.21 bits per heavy atom. The number of nitrogens with zero attached hydrogens (tertiary/aromatic N) is 3. The average Bonchev–Trinajstić information content (AvgIpc) is 3.54. The van der Waals surface area contributed by atoms with Crippen molar-refractivity contribution in [3.05, 3.63) is 73.6 Å². The highest BCUT2D eigenvalue weighted by molar-refractivity contribution is 14.1. The van der Waals surface area contributed by atoms with Crippen LogP contribution in [0.15, 0.2) is 59.4 Å². The molecular weight excluding hydrogens is 583 g/mol. The number of methoxy groups -OCH3 is 1. The lowest BCUT2D eigenvalue weighted by molar-refractivity contribution is -0.118. The summed E-state index contributed by atoms with van der Waals surface area (Å²) in [5, 5.41) is 17.3. The van der Waals surface area contributed by atoms with E-state index in [4.69, 9.17) is 9.47 Å². The van der Waals surface area contributed by atoms with E-state index in [9.17, 15) is 10.1 Å². The van der Waals surface area contributed by atoms with E-state index in [0.29, 0.717) is 27.2 Å². The van der Waals surface area contributed by atoms with Gasteiger partial charge >= 0.3 is 0 Å². The maximum absolute atomic E-state index is 12.1. The van der Waals surface area contributed by atoms with Crippen LogP contribution in [-0.4, -0.2) is 29.6 Å². The molecule has 0 bridgehead atoms. The van der Waals surface area contributed by atoms with Gasteiger partial charge in [-0.1, -0.05) is 18.2 Å². The molecule has 0 atom stereocenters. The van der Waals surface area contributed by atoms with Crippen LogP contribution < -0.4 is 14.8 Å². The summed E-state index contributed by atoms with van der Waals surface area (Å²) < 4.78 is 12.2. The van der Waals surface area contributed by atoms with Gasteiger partial charge in [0.25, 0.3) is 5.91 Å². The number of hydrogen-bond acceptors (Lipinski definition) is 8. The Hall–Kier alpha value is -3.27. The second-order valence-corrected chi connectivity index (χ2v) is 9.80. The number of anilines is 1. The first kappa shape index (κ1) is 23.9. The molecule has 2 aromatic carbocycles. The summed E-state index contributed by atoms with van der Waals surface area (Å²) in [4.78, 5) is 20.7. The molecule has 34 heavy (non-hydrogen) atoms. The van der Waals surface area contributed by atoms with E-state index < -0.39 is 0 Å². The van der Waals surface area contributed by atoms with Crippen molar-refractivity contribution in [1.82, 2.24) is 9.97 Å². The second-order valence-electron chi connectivity index (χ2n) is 6.80. The largest absolute Gasteiger partial charge is 0.493 e. The Bertz CT molecular complexity index is 1360. The minimum atomic E-state index is -0.319. The number of halogens is 1. The van der Waals surface area contributed by atoms with E-state index in [0.717, 1.165) is 20.4 Å². The first-order valence-corrected chi connectivity index (χ1v) is 12.7. The van der Waals surface area contributed by atoms with Crippen molar-refractivity contribution in [3.63, 3.8) is 0 Å². The summed E-state index contributed by atoms with van der Waals surface area (Å²) >= 11 is 5.01. The minimum Gasteiger partial charge on any atom is -0.493 e. The molecule has 1 amide bonds. The number of allylic oxidation sites excluding steroid dienone is 1. The zero-order valence-electron chi connectivity index (χ0n) is 17.8. The van der Waals surface area contributed by atoms with E-state index >= 15 is 0 Å². The van der Waals surface area contributed by atoms with Gasteiger partial charge in [-0.3, -0.25) is 10.1 Å². The summed E-state index contributed by atoms with van der Waals surface area (Å²) in [6.45, 7) is -0.186. The zero-order chi connectivity index (χ0) is 23.9. The maximum atomic E-state index is 12.1. The molecule has 2 heterocycles. The lowest BCUT2D eigenvalue weighted by atomic mass is 10.1. The van der Waals surface area contributed by atoms with Crippen LogP contribution in [0.1, 0.15) is 10.6 Å². The Morgan fingerprint density at radius 2 is 2.03 bits per heavy atom. The summed E-state index contributed by atoms with van der Waals surface area (Å²) in [5.41, 5.74) is 3.02. The number of carbonyl (C=O) groups is 1. The molecule has 0 aliphatic rings. The summed E-state index contributed by atoms with van der Waals surface area (Å²) in [6.07, 6.45) is 3.36. The van der Waals surface area contributed by atoms with Gasteiger partial charge in [0.15, 0.2) is 23.2 Å². The van der Waals surface area contributed by atoms with Gasteiger partial charge in [0.05, 0.1) is 18.4 Å². The molecule has 0 saturated heterocycles. The Morgan fingerprint density at radius 3 is 2.74 bits per heavy atom. The van der Waals surface area contributed by atoms with Crippen molar-refractivity contribution in [2.75, 3.05) is 19.0 Å². The molecule has 10 heteroatoms. The Labute approximate surface area is 217 Å². The minimum absolute atomic E-state index is 0.186. The van der Waals surface area contributed by atoms with Crippen LogP contribution in [0.5, 0.6) is 11.5 Å². The zero-order valence-corrected chi connectivity index (χ0v) is 21.6. The van der Waals surface area contributed by atoms with Crippen molar-refractivity contribution < 1.29 is 14.3 Å². The van der Waals surface area contributed by atoms with Crippen LogP contribution >= 0.6 is 45.3 Å². The van der Waals surface area contributed by atoms with Gasteiger partial charge in [-0.2, -0.15) is 5.26 Å². The fraction of sp³-hybridized carbons (Fsp3) is 0.0833. The molecule has 0 unspecified atom stereocenters. The number of nitrogens with one attached hydrogen (secondary N) is 1. The van der Waals surface area contributed by atoms with E-state index in [1.807, 2.05) is 29.6 Å². The molecule has 0 aliphatic carbocycles. The maximum Gasteiger partial charge on any atom is 0.264 e. The van der Waals surface area contributed by atoms with E-state index in [1.54, 1.807) is 35.9 Å². The van der Waals surface area contributed by atoms with Crippen LogP contribution in [0.2, 0.25) is 0 Å². The molecule has 0 radical (unpaired) electrons. The highest BCUT2D eigenvalue weighted by Gasteiger charge is 2.12. The van der Waals surface area contributed by atoms with Gasteiger partial charge in [-0.05, 0) is 58.5 Å². The van der Waals surface area contributed by atoms with Crippen LogP contribution in [-0.2, 0) is 4.79 Å². The lowest BCUT2D eigenvalue weighted by Crippen LogP contribution is -2.20. The van der Waals surface area contributed by atoms with Crippen molar-refractivity contribution in [2.24, 2.45) is 0 Å². The highest BCUT2D eigenvalue weighted by atomic mass is 127. The van der Waals surface area contributed by atoms with Crippen LogP contribution in [0, 0.1) is 14.9 Å². The molecule has 0 saturated carbocycles. The van der Waals surface area contributed by atoms with Crippen molar-refractivity contribution in [3.8, 4) is 28.8 Å². The molecule has 0 spiro atoms. The smallest absolute Gasteiger partial charge is 0.264 e. The third-order valence-electron chi connectivity index (χ3n) is 4.53. The molecular formula is C24H17IN4O3S2. The van der Waals surface area contributed by atoms with E-state index in [1.165, 1.54) is 29.8 Å². The molecule has 0 fully saturated rings. The number of aromatic nitrogens is 2. The molecule has 4 aromatic rings. The van der Waals surface area contributed by atoms with Gasteiger partial charge < -0.3 is 9.47 Å². The molecule has 170 valence electrons. The third-order valence-corrected chi connectivity index (χ3v) is 6.81. The van der Waals surface area contributed by atoms with E-state index in [2.05, 4.69) is 43.9 Å². The molecule has 7 nitrogen and oxygen atoms in total. The standard InChI is InChI=1S/C24H17IN4O3S2/c1-31-21-11-15(2-7-20(21)32-13-22(30)29-24-27-8-9-33-24)10-17(12-26)23-28-19(14-34-23)16-3-5-18(25)6-4-16/h2-11,14H,13H2,1H3,(H,27,29,30). The number of ether oxygens (including phenoxy) is 2. The first-order valence-electron chi connectivity index (χ1n) is 9.89. The number of thiazole rings is 2. The van der Waals surface area contributed by atoms with Gasteiger partial charge in [0.2, 0.25) is 0 Å². The normalized spacial score (nSPS) is 11.0. The second kappa shape index (κ2) is 11.2. The highest BCUT2D eigenvalue weighted by Crippen LogP contribution is 2.31. The average molecular weight is 600 g/mol. The fourth-order valence-corrected chi connectivity index (χ4v) is 4.64. The number of rotatable bonds is 8. The molecule has 0 aliphatic heterocycles. The molecule has 4 rings (SSSR count). The third kappa shape index (κ3) is 5.99. The number of benzene rings is 2. The van der Waals surface area contributed by atoms with Crippen molar-refractivity contribution in [2.45, 2.75) is 0 Å². The quantitative estimate of drug-likeness (QED) is 0.198. The topological polar surface area (TPSA) is 97.1 Å². The van der Waals surface area contributed by atoms with Crippen molar-refractivity contribution >= 4 is 68.0 Å². The van der Waals surface area contributed by atoms with Crippen LogP contribution in [0.4, 0.5) is 5.13 Å². The van der Waals surface area contributed by atoms with Gasteiger partial charge in [-0.25, -0.2) is 9.97 Å². The predicted octanol–water partition coefficient (Wildman–Crippen LogP) is 5.96. The van der Waals surface area contributed by atoms with E-state index in [-0.39, 0.29) is 12.5 Å². The summed E-state index contributed by atoms with van der Waals surface area (Å²) in [5.74, 6) is 0.551. The Kier molecular flexibility index (Phi) is 7.89. The predicted molar refractivity (Wildman–Crippen MR) is 143 cm³/mol. The summed E-state index contributed by atoms with van der Waals surface area (Å²) in [6, 6.07) is 15.5. The van der Waals surface area contributed by atoms with Gasteiger partial charge in [-0.15, -0.1) is 22.7 Å². The SMILES string of the molecule is COc1cc(C=C(C#N)c2nc(-c3ccc(I)cc3)cs2)ccc1OCC(=O)Nc1nccs1. The monoisotopic (exact) mass is 600 g/mol. The summed E-state index contributed by atoms with van der Waals surface area (Å²) in [7, 11) is 1.52. The van der Waals surface area contributed by atoms with Gasteiger partial charge in [0.1, 0.15) is 11.1 Å². The fourth-order valence-electron chi connectivity index (χ4n) is 2.94. The first-order chi connectivity index (χ1) is 16.6. The molecule has 1 N–H and O–H groups in total. The Balaban J connectivity index is 1.48. The number of hydrogen-bond donors (Lipinski definition) is 1. The number of nitriles is 1.